The van der Waals surface area contributed by atoms with Gasteiger partial charge in [-0.15, -0.1) is 11.3 Å². The van der Waals surface area contributed by atoms with Crippen molar-refractivity contribution in [2.45, 2.75) is 25.8 Å². The van der Waals surface area contributed by atoms with Crippen LogP contribution in [-0.4, -0.2) is 24.6 Å². The van der Waals surface area contributed by atoms with Crippen molar-refractivity contribution in [2.75, 3.05) is 19.6 Å². The van der Waals surface area contributed by atoms with E-state index in [1.807, 2.05) is 11.6 Å². The van der Waals surface area contributed by atoms with Gasteiger partial charge in [0.1, 0.15) is 5.01 Å². The van der Waals surface area contributed by atoms with Gasteiger partial charge < -0.3 is 10.6 Å². The zero-order valence-electron chi connectivity index (χ0n) is 9.04. The van der Waals surface area contributed by atoms with Crippen molar-refractivity contribution in [3.8, 4) is 0 Å². The molecule has 0 bridgehead atoms. The predicted molar refractivity (Wildman–Crippen MR) is 64.0 cm³/mol. The molecule has 0 radical (unpaired) electrons. The first kappa shape index (κ1) is 11.0. The molecule has 1 aromatic rings. The molecule has 2 heterocycles. The Morgan fingerprint density at radius 1 is 1.60 bits per heavy atom. The minimum atomic E-state index is 0.923. The SMILES string of the molecule is c1csc(CNCCCC2CCNC2)n1. The van der Waals surface area contributed by atoms with Crippen molar-refractivity contribution in [1.82, 2.24) is 15.6 Å². The topological polar surface area (TPSA) is 37.0 Å². The monoisotopic (exact) mass is 225 g/mol. The summed E-state index contributed by atoms with van der Waals surface area (Å²) in [6, 6.07) is 0. The van der Waals surface area contributed by atoms with E-state index in [-0.39, 0.29) is 0 Å². The highest BCUT2D eigenvalue weighted by molar-refractivity contribution is 7.09. The third-order valence-electron chi connectivity index (χ3n) is 2.89. The molecule has 2 rings (SSSR count). The van der Waals surface area contributed by atoms with Gasteiger partial charge >= 0.3 is 0 Å². The summed E-state index contributed by atoms with van der Waals surface area (Å²) in [5.74, 6) is 0.923. The van der Waals surface area contributed by atoms with Crippen LogP contribution in [-0.2, 0) is 6.54 Å². The molecule has 1 aromatic heterocycles. The summed E-state index contributed by atoms with van der Waals surface area (Å²) in [6.07, 6.45) is 5.88. The van der Waals surface area contributed by atoms with Gasteiger partial charge in [-0.3, -0.25) is 0 Å². The first-order valence-corrected chi connectivity index (χ1v) is 6.63. The first-order chi connectivity index (χ1) is 7.45. The van der Waals surface area contributed by atoms with Crippen LogP contribution in [0, 0.1) is 5.92 Å². The van der Waals surface area contributed by atoms with Crippen molar-refractivity contribution in [3.63, 3.8) is 0 Å². The fourth-order valence-corrected chi connectivity index (χ4v) is 2.60. The van der Waals surface area contributed by atoms with Crippen LogP contribution in [0.15, 0.2) is 11.6 Å². The van der Waals surface area contributed by atoms with E-state index in [2.05, 4.69) is 15.6 Å². The van der Waals surface area contributed by atoms with Crippen molar-refractivity contribution in [1.29, 1.82) is 0 Å². The average molecular weight is 225 g/mol. The fourth-order valence-electron chi connectivity index (χ4n) is 2.01. The second-order valence-corrected chi connectivity index (χ2v) is 5.08. The zero-order chi connectivity index (χ0) is 10.3. The molecule has 1 aliphatic rings. The lowest BCUT2D eigenvalue weighted by Crippen LogP contribution is -2.16. The fraction of sp³-hybridized carbons (Fsp3) is 0.727. The molecule has 2 N–H and O–H groups in total. The molecule has 3 nitrogen and oxygen atoms in total. The summed E-state index contributed by atoms with van der Waals surface area (Å²) in [5.41, 5.74) is 0. The molecule has 1 aliphatic heterocycles. The number of rotatable bonds is 6. The van der Waals surface area contributed by atoms with Gasteiger partial charge in [0.15, 0.2) is 0 Å². The third kappa shape index (κ3) is 3.89. The Bertz CT molecular complexity index is 255. The molecule has 15 heavy (non-hydrogen) atoms. The maximum Gasteiger partial charge on any atom is 0.106 e. The van der Waals surface area contributed by atoms with E-state index in [0.717, 1.165) is 19.0 Å². The molecule has 0 aromatic carbocycles. The predicted octanol–water partition coefficient (Wildman–Crippen LogP) is 1.62. The lowest BCUT2D eigenvalue weighted by molar-refractivity contribution is 0.492. The van der Waals surface area contributed by atoms with Gasteiger partial charge in [-0.25, -0.2) is 4.98 Å². The molecule has 0 aliphatic carbocycles. The minimum Gasteiger partial charge on any atom is -0.316 e. The van der Waals surface area contributed by atoms with Crippen LogP contribution in [0.25, 0.3) is 0 Å². The average Bonchev–Trinajstić information content (AvgIpc) is 2.88. The third-order valence-corrected chi connectivity index (χ3v) is 3.67. The number of nitrogens with zero attached hydrogens (tertiary/aromatic N) is 1. The normalized spacial score (nSPS) is 20.9. The standard InChI is InChI=1S/C11H19N3S/c1(2-10-3-5-13-8-10)4-12-9-11-14-6-7-15-11/h6-7,10,12-13H,1-5,8-9H2. The first-order valence-electron chi connectivity index (χ1n) is 5.75. The van der Waals surface area contributed by atoms with E-state index < -0.39 is 0 Å². The Kier molecular flexibility index (Phi) is 4.57. The van der Waals surface area contributed by atoms with Crippen molar-refractivity contribution < 1.29 is 0 Å². The molecule has 1 fully saturated rings. The van der Waals surface area contributed by atoms with E-state index in [1.165, 1.54) is 37.4 Å². The highest BCUT2D eigenvalue weighted by atomic mass is 32.1. The highest BCUT2D eigenvalue weighted by Gasteiger charge is 2.12. The second kappa shape index (κ2) is 6.20. The van der Waals surface area contributed by atoms with E-state index in [0.29, 0.717) is 0 Å². The van der Waals surface area contributed by atoms with Gasteiger partial charge in [-0.05, 0) is 44.8 Å². The quantitative estimate of drug-likeness (QED) is 0.722. The summed E-state index contributed by atoms with van der Waals surface area (Å²) in [4.78, 5) is 4.24. The summed E-state index contributed by atoms with van der Waals surface area (Å²) >= 11 is 1.72. The van der Waals surface area contributed by atoms with E-state index in [1.54, 1.807) is 11.3 Å². The molecule has 4 heteroatoms. The van der Waals surface area contributed by atoms with Crippen LogP contribution >= 0.6 is 11.3 Å². The van der Waals surface area contributed by atoms with Crippen LogP contribution in [0.2, 0.25) is 0 Å². The Morgan fingerprint density at radius 2 is 2.60 bits per heavy atom. The smallest absolute Gasteiger partial charge is 0.106 e. The molecular formula is C11H19N3S. The molecule has 0 spiro atoms. The Morgan fingerprint density at radius 3 is 3.33 bits per heavy atom. The van der Waals surface area contributed by atoms with Gasteiger partial charge in [0.2, 0.25) is 0 Å². The number of hydrogen-bond acceptors (Lipinski definition) is 4. The van der Waals surface area contributed by atoms with Gasteiger partial charge in [-0.1, -0.05) is 0 Å². The van der Waals surface area contributed by atoms with Gasteiger partial charge in [0.05, 0.1) is 0 Å². The van der Waals surface area contributed by atoms with E-state index in [4.69, 9.17) is 0 Å². The zero-order valence-corrected chi connectivity index (χ0v) is 9.85. The highest BCUT2D eigenvalue weighted by Crippen LogP contribution is 2.13. The summed E-state index contributed by atoms with van der Waals surface area (Å²) in [5, 5.41) is 10.1. The molecule has 1 saturated heterocycles. The Balaban J connectivity index is 1.48. The largest absolute Gasteiger partial charge is 0.316 e. The van der Waals surface area contributed by atoms with Crippen molar-refractivity contribution in [2.24, 2.45) is 5.92 Å². The number of thiazole rings is 1. The van der Waals surface area contributed by atoms with Gasteiger partial charge in [-0.2, -0.15) is 0 Å². The Labute approximate surface area is 95.3 Å². The minimum absolute atomic E-state index is 0.923. The lowest BCUT2D eigenvalue weighted by atomic mass is 10.0. The van der Waals surface area contributed by atoms with Gasteiger partial charge in [0, 0.05) is 18.1 Å². The summed E-state index contributed by atoms with van der Waals surface area (Å²) in [7, 11) is 0. The van der Waals surface area contributed by atoms with E-state index in [9.17, 15) is 0 Å². The van der Waals surface area contributed by atoms with Gasteiger partial charge in [0.25, 0.3) is 0 Å². The number of hydrogen-bond donors (Lipinski definition) is 2. The lowest BCUT2D eigenvalue weighted by Gasteiger charge is -2.07. The number of nitrogens with one attached hydrogen (secondary N) is 2. The van der Waals surface area contributed by atoms with Crippen LogP contribution < -0.4 is 10.6 Å². The van der Waals surface area contributed by atoms with E-state index >= 15 is 0 Å². The Hall–Kier alpha value is -0.450. The van der Waals surface area contributed by atoms with Crippen LogP contribution in [0.3, 0.4) is 0 Å². The van der Waals surface area contributed by atoms with Crippen molar-refractivity contribution >= 4 is 11.3 Å². The molecule has 0 amide bonds. The molecular weight excluding hydrogens is 206 g/mol. The van der Waals surface area contributed by atoms with Crippen LogP contribution in [0.5, 0.6) is 0 Å². The van der Waals surface area contributed by atoms with Crippen molar-refractivity contribution in [3.05, 3.63) is 16.6 Å². The molecule has 84 valence electrons. The summed E-state index contributed by atoms with van der Waals surface area (Å²) < 4.78 is 0. The maximum atomic E-state index is 4.24. The summed E-state index contributed by atoms with van der Waals surface area (Å²) in [6.45, 7) is 4.50. The maximum absolute atomic E-state index is 4.24. The second-order valence-electron chi connectivity index (χ2n) is 4.10. The molecule has 1 unspecified atom stereocenters. The van der Waals surface area contributed by atoms with Crippen LogP contribution in [0.4, 0.5) is 0 Å². The van der Waals surface area contributed by atoms with Crippen LogP contribution in [0.1, 0.15) is 24.3 Å². The molecule has 0 saturated carbocycles. The number of aromatic nitrogens is 1. The molecule has 1 atom stereocenters.